The maximum atomic E-state index is 10.4. The van der Waals surface area contributed by atoms with E-state index in [1.165, 1.54) is 18.4 Å². The van der Waals surface area contributed by atoms with Crippen LogP contribution in [0.4, 0.5) is 0 Å². The van der Waals surface area contributed by atoms with Crippen molar-refractivity contribution >= 4 is 10.0 Å². The second-order valence-corrected chi connectivity index (χ2v) is 7.21. The van der Waals surface area contributed by atoms with Crippen molar-refractivity contribution in [3.8, 4) is 0 Å². The molecule has 1 aromatic rings. The predicted octanol–water partition coefficient (Wildman–Crippen LogP) is 2.71. The smallest absolute Gasteiger partial charge is 0.214 e. The molecule has 0 aromatic heterocycles. The van der Waals surface area contributed by atoms with Crippen LogP contribution in [0.3, 0.4) is 0 Å². The van der Waals surface area contributed by atoms with Crippen LogP contribution in [0.5, 0.6) is 0 Å². The number of aryl methyl sites for hydroxylation is 1. The van der Waals surface area contributed by atoms with Gasteiger partial charge in [-0.15, -0.1) is 0 Å². The van der Waals surface area contributed by atoms with Gasteiger partial charge < -0.3 is 0 Å². The summed E-state index contributed by atoms with van der Waals surface area (Å²) in [7, 11) is -3.34. The molecule has 0 aliphatic rings. The molecule has 0 aliphatic heterocycles. The van der Waals surface area contributed by atoms with Crippen LogP contribution in [0.2, 0.25) is 0 Å². The van der Waals surface area contributed by atoms with Gasteiger partial charge in [-0.05, 0) is 32.8 Å². The molecule has 1 rings (SSSR count). The lowest BCUT2D eigenvalue weighted by molar-refractivity contribution is 0.562. The summed E-state index contributed by atoms with van der Waals surface area (Å²) in [6.45, 7) is 6.88. The molecule has 0 amide bonds. The third kappa shape index (κ3) is 7.13. The molecule has 4 heteroatoms. The Labute approximate surface area is 105 Å². The van der Waals surface area contributed by atoms with E-state index in [0.29, 0.717) is 0 Å². The Morgan fingerprint density at radius 2 is 1.53 bits per heavy atom. The van der Waals surface area contributed by atoms with E-state index in [0.717, 1.165) is 0 Å². The minimum Gasteiger partial charge on any atom is -0.228 e. The molecule has 0 unspecified atom stereocenters. The first kappa shape index (κ1) is 16.1. The van der Waals surface area contributed by atoms with E-state index in [4.69, 9.17) is 5.14 Å². The summed E-state index contributed by atoms with van der Waals surface area (Å²) in [4.78, 5) is 0. The van der Waals surface area contributed by atoms with Gasteiger partial charge in [-0.1, -0.05) is 43.7 Å². The second-order valence-electron chi connectivity index (χ2n) is 4.89. The number of primary sulfonamides is 1. The van der Waals surface area contributed by atoms with Gasteiger partial charge in [0, 0.05) is 0 Å². The van der Waals surface area contributed by atoms with Crippen LogP contribution in [-0.4, -0.2) is 13.2 Å². The largest absolute Gasteiger partial charge is 0.228 e. The highest BCUT2D eigenvalue weighted by molar-refractivity contribution is 7.90. The molecule has 0 heterocycles. The third-order valence-corrected chi connectivity index (χ3v) is 3.94. The maximum Gasteiger partial charge on any atom is 0.214 e. The predicted molar refractivity (Wildman–Crippen MR) is 73.3 cm³/mol. The molecular formula is C13H23NO2S. The fourth-order valence-electron chi connectivity index (χ4n) is 0.933. The van der Waals surface area contributed by atoms with Crippen molar-refractivity contribution in [3.63, 3.8) is 0 Å². The first-order valence-corrected chi connectivity index (χ1v) is 7.29. The summed E-state index contributed by atoms with van der Waals surface area (Å²) in [5.41, 5.74) is 1.44. The Morgan fingerprint density at radius 1 is 1.12 bits per heavy atom. The minimum atomic E-state index is -3.34. The lowest BCUT2D eigenvalue weighted by Crippen LogP contribution is -2.34. The number of hydrogen-bond donors (Lipinski definition) is 1. The van der Waals surface area contributed by atoms with Crippen LogP contribution in [0.15, 0.2) is 30.3 Å². The summed E-state index contributed by atoms with van der Waals surface area (Å²) >= 11 is 0. The molecule has 0 aliphatic carbocycles. The van der Waals surface area contributed by atoms with Crippen molar-refractivity contribution in [2.24, 2.45) is 5.14 Å². The maximum absolute atomic E-state index is 10.4. The summed E-state index contributed by atoms with van der Waals surface area (Å²) in [6, 6.07) is 10.6. The SMILES string of the molecule is CC(C)(C)S(N)(=O)=O.CCCc1ccccc1. The van der Waals surface area contributed by atoms with Gasteiger partial charge in [0.1, 0.15) is 0 Å². The molecule has 98 valence electrons. The second kappa shape index (κ2) is 6.77. The molecule has 3 nitrogen and oxygen atoms in total. The number of benzene rings is 1. The lowest BCUT2D eigenvalue weighted by Gasteiger charge is -2.13. The fraction of sp³-hybridized carbons (Fsp3) is 0.538. The van der Waals surface area contributed by atoms with Crippen molar-refractivity contribution in [2.45, 2.75) is 45.3 Å². The van der Waals surface area contributed by atoms with Crippen LogP contribution in [0.25, 0.3) is 0 Å². The molecule has 0 saturated heterocycles. The average molecular weight is 257 g/mol. The van der Waals surface area contributed by atoms with Crippen LogP contribution < -0.4 is 5.14 Å². The third-order valence-electron chi connectivity index (χ3n) is 2.24. The van der Waals surface area contributed by atoms with Gasteiger partial charge in [0.05, 0.1) is 4.75 Å². The zero-order valence-corrected chi connectivity index (χ0v) is 11.9. The highest BCUT2D eigenvalue weighted by Crippen LogP contribution is 2.09. The standard InChI is InChI=1S/C9H12.C4H11NO2S/c1-2-6-9-7-4-3-5-8-9;1-4(2,3)8(5,6)7/h3-5,7-8H,2,6H2,1H3;1-3H3,(H2,5,6,7). The van der Waals surface area contributed by atoms with Gasteiger partial charge in [0.15, 0.2) is 0 Å². The van der Waals surface area contributed by atoms with Crippen LogP contribution in [-0.2, 0) is 16.4 Å². The first-order chi connectivity index (χ1) is 7.68. The summed E-state index contributed by atoms with van der Waals surface area (Å²) in [5, 5.41) is 4.78. The van der Waals surface area contributed by atoms with Crippen molar-refractivity contribution in [2.75, 3.05) is 0 Å². The van der Waals surface area contributed by atoms with Gasteiger partial charge in [-0.3, -0.25) is 0 Å². The summed E-state index contributed by atoms with van der Waals surface area (Å²) in [6.07, 6.45) is 2.45. The van der Waals surface area contributed by atoms with Crippen molar-refractivity contribution in [3.05, 3.63) is 35.9 Å². The minimum absolute atomic E-state index is 0.812. The van der Waals surface area contributed by atoms with Crippen LogP contribution in [0.1, 0.15) is 39.7 Å². The average Bonchev–Trinajstić information content (AvgIpc) is 2.17. The van der Waals surface area contributed by atoms with E-state index in [2.05, 4.69) is 37.3 Å². The van der Waals surface area contributed by atoms with Crippen molar-refractivity contribution < 1.29 is 8.42 Å². The molecule has 0 radical (unpaired) electrons. The van der Waals surface area contributed by atoms with Crippen molar-refractivity contribution in [1.29, 1.82) is 0 Å². The molecular weight excluding hydrogens is 234 g/mol. The Balaban J connectivity index is 0.000000304. The Bertz CT molecular complexity index is 405. The molecule has 0 spiro atoms. The molecule has 0 bridgehead atoms. The fourth-order valence-corrected chi connectivity index (χ4v) is 0.933. The van der Waals surface area contributed by atoms with Gasteiger partial charge >= 0.3 is 0 Å². The first-order valence-electron chi connectivity index (χ1n) is 5.74. The van der Waals surface area contributed by atoms with Gasteiger partial charge in [0.25, 0.3) is 0 Å². The number of rotatable bonds is 2. The quantitative estimate of drug-likeness (QED) is 0.885. The highest BCUT2D eigenvalue weighted by atomic mass is 32.2. The lowest BCUT2D eigenvalue weighted by atomic mass is 10.1. The van der Waals surface area contributed by atoms with E-state index in [1.807, 2.05) is 0 Å². The van der Waals surface area contributed by atoms with E-state index in [1.54, 1.807) is 20.8 Å². The van der Waals surface area contributed by atoms with Gasteiger partial charge in [-0.25, -0.2) is 13.6 Å². The number of sulfonamides is 1. The summed E-state index contributed by atoms with van der Waals surface area (Å²) < 4.78 is 20.0. The zero-order chi connectivity index (χ0) is 13.5. The molecule has 1 aromatic carbocycles. The molecule has 17 heavy (non-hydrogen) atoms. The topological polar surface area (TPSA) is 60.2 Å². The van der Waals surface area contributed by atoms with Gasteiger partial charge in [-0.2, -0.15) is 0 Å². The van der Waals surface area contributed by atoms with Gasteiger partial charge in [0.2, 0.25) is 10.0 Å². The Hall–Kier alpha value is -0.870. The van der Waals surface area contributed by atoms with E-state index in [9.17, 15) is 8.42 Å². The molecule has 0 atom stereocenters. The number of hydrogen-bond acceptors (Lipinski definition) is 2. The number of nitrogens with two attached hydrogens (primary N) is 1. The van der Waals surface area contributed by atoms with E-state index < -0.39 is 14.8 Å². The monoisotopic (exact) mass is 257 g/mol. The van der Waals surface area contributed by atoms with Crippen molar-refractivity contribution in [1.82, 2.24) is 0 Å². The van der Waals surface area contributed by atoms with E-state index in [-0.39, 0.29) is 0 Å². The zero-order valence-electron chi connectivity index (χ0n) is 11.1. The molecule has 2 N–H and O–H groups in total. The van der Waals surface area contributed by atoms with Crippen LogP contribution >= 0.6 is 0 Å². The highest BCUT2D eigenvalue weighted by Gasteiger charge is 2.23. The Morgan fingerprint density at radius 3 is 1.82 bits per heavy atom. The molecule has 0 fully saturated rings. The summed E-state index contributed by atoms with van der Waals surface area (Å²) in [5.74, 6) is 0. The van der Waals surface area contributed by atoms with Crippen LogP contribution in [0, 0.1) is 0 Å². The van der Waals surface area contributed by atoms with E-state index >= 15 is 0 Å². The molecule has 0 saturated carbocycles. The normalized spacial score (nSPS) is 11.6. The Kier molecular flexibility index (Phi) is 6.42.